The van der Waals surface area contributed by atoms with E-state index in [9.17, 15) is 23.5 Å². The zero-order valence-electron chi connectivity index (χ0n) is 18.3. The van der Waals surface area contributed by atoms with Crippen LogP contribution in [0.5, 0.6) is 0 Å². The maximum atomic E-state index is 14.9. The molecule has 0 saturated carbocycles. The molecule has 7 nitrogen and oxygen atoms in total. The highest BCUT2D eigenvalue weighted by Gasteiger charge is 2.49. The number of carbonyl (C=O) groups excluding carboxylic acids is 2. The Bertz CT molecular complexity index is 1480. The van der Waals surface area contributed by atoms with Crippen molar-refractivity contribution < 1.29 is 23.5 Å². The first-order valence-electron chi connectivity index (χ1n) is 10.6. The number of pyridine rings is 1. The lowest BCUT2D eigenvalue weighted by Crippen LogP contribution is -2.29. The van der Waals surface area contributed by atoms with E-state index in [0.717, 1.165) is 21.8 Å². The molecule has 1 unspecified atom stereocenters. The Morgan fingerprint density at radius 1 is 1.00 bits per heavy atom. The number of ketones is 1. The van der Waals surface area contributed by atoms with Gasteiger partial charge >= 0.3 is 5.91 Å². The normalized spacial score (nSPS) is 17.1. The molecule has 0 radical (unpaired) electrons. The van der Waals surface area contributed by atoms with Crippen molar-refractivity contribution >= 4 is 45.7 Å². The smallest absolute Gasteiger partial charge is 0.301 e. The predicted molar refractivity (Wildman–Crippen MR) is 131 cm³/mol. The van der Waals surface area contributed by atoms with E-state index in [0.29, 0.717) is 10.1 Å². The molecule has 5 rings (SSSR count). The summed E-state index contributed by atoms with van der Waals surface area (Å²) in [7, 11) is 0. The highest BCUT2D eigenvalue weighted by Crippen LogP contribution is 2.44. The van der Waals surface area contributed by atoms with Crippen LogP contribution < -0.4 is 4.90 Å². The van der Waals surface area contributed by atoms with Crippen LogP contribution in [0.25, 0.3) is 5.76 Å². The second-order valence-corrected chi connectivity index (χ2v) is 9.87. The molecule has 1 aliphatic rings. The van der Waals surface area contributed by atoms with Gasteiger partial charge in [-0.15, -0.1) is 10.2 Å². The van der Waals surface area contributed by atoms with Gasteiger partial charge in [0, 0.05) is 29.3 Å². The summed E-state index contributed by atoms with van der Waals surface area (Å²) in [5, 5.41) is 19.3. The van der Waals surface area contributed by atoms with Crippen LogP contribution in [-0.4, -0.2) is 32.0 Å². The number of amides is 1. The zero-order valence-corrected chi connectivity index (χ0v) is 20.0. The number of Topliss-reactive ketones (excluding diaryl/α,β-unsaturated/α-hetero) is 1. The lowest BCUT2D eigenvalue weighted by atomic mass is 9.95. The van der Waals surface area contributed by atoms with Crippen LogP contribution in [0, 0.1) is 11.6 Å². The van der Waals surface area contributed by atoms with Crippen LogP contribution >= 0.6 is 23.1 Å². The van der Waals surface area contributed by atoms with Gasteiger partial charge in [0.2, 0.25) is 5.13 Å². The average molecular weight is 523 g/mol. The lowest BCUT2D eigenvalue weighted by molar-refractivity contribution is -0.132. The van der Waals surface area contributed by atoms with Crippen molar-refractivity contribution in [3.8, 4) is 0 Å². The summed E-state index contributed by atoms with van der Waals surface area (Å²) in [6, 6.07) is 13.5. The number of rotatable bonds is 6. The molecule has 2 aromatic heterocycles. The van der Waals surface area contributed by atoms with E-state index in [4.69, 9.17) is 0 Å². The monoisotopic (exact) mass is 522 g/mol. The number of aliphatic hydroxyl groups is 1. The van der Waals surface area contributed by atoms with Gasteiger partial charge in [0.05, 0.1) is 5.57 Å². The molecule has 1 amide bonds. The Morgan fingerprint density at radius 2 is 1.72 bits per heavy atom. The van der Waals surface area contributed by atoms with Crippen LogP contribution in [-0.2, 0) is 15.3 Å². The minimum atomic E-state index is -1.25. The van der Waals surface area contributed by atoms with Crippen LogP contribution in [0.15, 0.2) is 83.0 Å². The second kappa shape index (κ2) is 9.96. The van der Waals surface area contributed by atoms with Gasteiger partial charge in [-0.3, -0.25) is 19.5 Å². The third-order valence-corrected chi connectivity index (χ3v) is 7.60. The van der Waals surface area contributed by atoms with E-state index in [1.165, 1.54) is 66.6 Å². The van der Waals surface area contributed by atoms with Crippen molar-refractivity contribution in [2.45, 2.75) is 16.1 Å². The zero-order chi connectivity index (χ0) is 25.2. The van der Waals surface area contributed by atoms with Crippen molar-refractivity contribution in [2.75, 3.05) is 4.90 Å². The van der Waals surface area contributed by atoms with Crippen LogP contribution in [0.3, 0.4) is 0 Å². The van der Waals surface area contributed by atoms with Crippen LogP contribution in [0.1, 0.15) is 22.7 Å². The molecular formula is C25H16F2N4O3S2. The molecule has 0 spiro atoms. The number of nitrogens with zero attached hydrogens (tertiary/aromatic N) is 4. The van der Waals surface area contributed by atoms with Gasteiger partial charge in [-0.05, 0) is 35.9 Å². The summed E-state index contributed by atoms with van der Waals surface area (Å²) in [4.78, 5) is 31.2. The quantitative estimate of drug-likeness (QED) is 0.123. The molecule has 180 valence electrons. The Labute approximate surface area is 212 Å². The molecule has 3 heterocycles. The molecule has 1 aliphatic heterocycles. The minimum absolute atomic E-state index is 0.0306. The van der Waals surface area contributed by atoms with E-state index in [1.54, 1.807) is 18.2 Å². The van der Waals surface area contributed by atoms with E-state index in [-0.39, 0.29) is 27.6 Å². The van der Waals surface area contributed by atoms with Gasteiger partial charge in [-0.25, -0.2) is 8.78 Å². The minimum Gasteiger partial charge on any atom is -0.507 e. The predicted octanol–water partition coefficient (Wildman–Crippen LogP) is 5.13. The largest absolute Gasteiger partial charge is 0.507 e. The number of aromatic nitrogens is 3. The summed E-state index contributed by atoms with van der Waals surface area (Å²) >= 11 is 2.38. The highest BCUT2D eigenvalue weighted by atomic mass is 32.2. The van der Waals surface area contributed by atoms with Crippen molar-refractivity contribution in [1.82, 2.24) is 15.2 Å². The molecule has 0 aliphatic carbocycles. The van der Waals surface area contributed by atoms with Crippen LogP contribution in [0.4, 0.5) is 13.9 Å². The van der Waals surface area contributed by atoms with E-state index in [1.807, 2.05) is 0 Å². The summed E-state index contributed by atoms with van der Waals surface area (Å²) in [6.07, 6.45) is 2.86. The van der Waals surface area contributed by atoms with E-state index < -0.39 is 29.3 Å². The fraction of sp³-hybridized carbons (Fsp3) is 0.0800. The van der Waals surface area contributed by atoms with Crippen molar-refractivity contribution in [3.63, 3.8) is 0 Å². The van der Waals surface area contributed by atoms with Crippen molar-refractivity contribution in [1.29, 1.82) is 0 Å². The molecule has 1 fully saturated rings. The fourth-order valence-corrected chi connectivity index (χ4v) is 5.59. The van der Waals surface area contributed by atoms with Crippen LogP contribution in [0.2, 0.25) is 0 Å². The standard InChI is InChI=1S/C25H16F2N4O3S2/c26-16-7-5-14(6-8-16)13-35-25-30-29-24(36-25)31-20(17-3-1-2-4-18(17)27)19(22(33)23(31)34)21(32)15-9-11-28-12-10-15/h1-12,20,32H,13H2. The first kappa shape index (κ1) is 23.8. The molecule has 4 aromatic rings. The average Bonchev–Trinajstić information content (AvgIpc) is 3.46. The third kappa shape index (κ3) is 4.50. The Morgan fingerprint density at radius 3 is 2.44 bits per heavy atom. The van der Waals surface area contributed by atoms with E-state index in [2.05, 4.69) is 15.2 Å². The maximum Gasteiger partial charge on any atom is 0.301 e. The van der Waals surface area contributed by atoms with Gasteiger partial charge in [-0.2, -0.15) is 0 Å². The number of halogens is 2. The molecule has 0 bridgehead atoms. The molecule has 1 atom stereocenters. The number of carbonyl (C=O) groups is 2. The number of hydrogen-bond acceptors (Lipinski definition) is 8. The van der Waals surface area contributed by atoms with Gasteiger partial charge in [0.15, 0.2) is 4.34 Å². The highest BCUT2D eigenvalue weighted by molar-refractivity contribution is 8.00. The Hall–Kier alpha value is -3.96. The number of hydrogen-bond donors (Lipinski definition) is 1. The third-order valence-electron chi connectivity index (χ3n) is 5.48. The van der Waals surface area contributed by atoms with Gasteiger partial charge < -0.3 is 5.11 Å². The summed E-state index contributed by atoms with van der Waals surface area (Å²) in [6.45, 7) is 0. The van der Waals surface area contributed by atoms with Crippen molar-refractivity contribution in [2.24, 2.45) is 0 Å². The molecule has 1 saturated heterocycles. The SMILES string of the molecule is O=C1C(=O)N(c2nnc(SCc3ccc(F)cc3)s2)C(c2ccccc2F)C1=C(O)c1ccncc1. The summed E-state index contributed by atoms with van der Waals surface area (Å²) < 4.78 is 28.6. The first-order valence-corrected chi connectivity index (χ1v) is 12.4. The fourth-order valence-electron chi connectivity index (χ4n) is 3.77. The molecule has 36 heavy (non-hydrogen) atoms. The maximum absolute atomic E-state index is 14.9. The molecule has 1 N–H and O–H groups in total. The number of benzene rings is 2. The summed E-state index contributed by atoms with van der Waals surface area (Å²) in [5.74, 6) is -2.87. The Balaban J connectivity index is 1.54. The lowest BCUT2D eigenvalue weighted by Gasteiger charge is -2.22. The second-order valence-electron chi connectivity index (χ2n) is 7.69. The molecule has 11 heteroatoms. The van der Waals surface area contributed by atoms with Crippen molar-refractivity contribution in [3.05, 3.63) is 107 Å². The Kier molecular flexibility index (Phi) is 6.57. The molecule has 2 aromatic carbocycles. The molecular weight excluding hydrogens is 506 g/mol. The summed E-state index contributed by atoms with van der Waals surface area (Å²) in [5.41, 5.74) is 0.898. The first-order chi connectivity index (χ1) is 17.4. The number of aliphatic hydroxyl groups excluding tert-OH is 1. The number of anilines is 1. The van der Waals surface area contributed by atoms with E-state index >= 15 is 0 Å². The van der Waals surface area contributed by atoms with Gasteiger partial charge in [0.1, 0.15) is 23.4 Å². The van der Waals surface area contributed by atoms with Gasteiger partial charge in [-0.1, -0.05) is 53.4 Å². The topological polar surface area (TPSA) is 96.3 Å². The van der Waals surface area contributed by atoms with Gasteiger partial charge in [0.25, 0.3) is 5.78 Å². The number of thioether (sulfide) groups is 1.